The molecular formula is C11H19NO4. The number of ether oxygens (including phenoxy) is 1. The first-order valence-corrected chi connectivity index (χ1v) is 5.65. The summed E-state index contributed by atoms with van der Waals surface area (Å²) < 4.78 is 5.25. The topological polar surface area (TPSA) is 66.8 Å². The van der Waals surface area contributed by atoms with Crippen LogP contribution in [-0.2, 0) is 14.3 Å². The van der Waals surface area contributed by atoms with Crippen molar-refractivity contribution in [2.45, 2.75) is 25.7 Å². The second-order valence-electron chi connectivity index (χ2n) is 4.17. The van der Waals surface area contributed by atoms with E-state index in [2.05, 4.69) is 0 Å². The highest BCUT2D eigenvalue weighted by atomic mass is 16.5. The van der Waals surface area contributed by atoms with Gasteiger partial charge in [-0.3, -0.25) is 9.59 Å². The molecule has 0 spiro atoms. The fourth-order valence-electron chi connectivity index (χ4n) is 1.82. The first-order chi connectivity index (χ1) is 7.61. The summed E-state index contributed by atoms with van der Waals surface area (Å²) >= 11 is 0. The Bertz CT molecular complexity index is 248. The van der Waals surface area contributed by atoms with Crippen LogP contribution in [0.25, 0.3) is 0 Å². The summed E-state index contributed by atoms with van der Waals surface area (Å²) in [6.45, 7) is 1.75. The molecule has 92 valence electrons. The molecule has 1 N–H and O–H groups in total. The van der Waals surface area contributed by atoms with Crippen molar-refractivity contribution in [1.82, 2.24) is 4.90 Å². The maximum atomic E-state index is 11.9. The molecule has 1 unspecified atom stereocenters. The Morgan fingerprint density at radius 1 is 1.50 bits per heavy atom. The van der Waals surface area contributed by atoms with E-state index in [4.69, 9.17) is 9.84 Å². The van der Waals surface area contributed by atoms with Gasteiger partial charge in [0.1, 0.15) is 0 Å². The number of rotatable bonds is 5. The lowest BCUT2D eigenvalue weighted by Crippen LogP contribution is -2.37. The van der Waals surface area contributed by atoms with Gasteiger partial charge < -0.3 is 14.7 Å². The minimum absolute atomic E-state index is 0.0384. The number of nitrogens with zero attached hydrogens (tertiary/aromatic N) is 1. The van der Waals surface area contributed by atoms with E-state index < -0.39 is 5.97 Å². The number of hydrogen-bond acceptors (Lipinski definition) is 3. The summed E-state index contributed by atoms with van der Waals surface area (Å²) in [7, 11) is 1.72. The SMILES string of the molecule is CN(CCCC(=O)O)C(=O)C1CCCOC1. The smallest absolute Gasteiger partial charge is 0.303 e. The van der Waals surface area contributed by atoms with Crippen LogP contribution in [0.5, 0.6) is 0 Å². The minimum Gasteiger partial charge on any atom is -0.481 e. The second kappa shape index (κ2) is 6.48. The van der Waals surface area contributed by atoms with Gasteiger partial charge in [-0.1, -0.05) is 0 Å². The number of hydrogen-bond donors (Lipinski definition) is 1. The van der Waals surface area contributed by atoms with Gasteiger partial charge in [-0.05, 0) is 19.3 Å². The Labute approximate surface area is 95.4 Å². The molecule has 1 heterocycles. The number of aliphatic carboxylic acids is 1. The molecule has 0 aromatic carbocycles. The van der Waals surface area contributed by atoms with E-state index in [9.17, 15) is 9.59 Å². The highest BCUT2D eigenvalue weighted by molar-refractivity contribution is 5.78. The predicted molar refractivity (Wildman–Crippen MR) is 58.0 cm³/mol. The predicted octanol–water partition coefficient (Wildman–Crippen LogP) is 0.736. The van der Waals surface area contributed by atoms with Crippen LogP contribution in [0.15, 0.2) is 0 Å². The quantitative estimate of drug-likeness (QED) is 0.755. The van der Waals surface area contributed by atoms with E-state index in [1.54, 1.807) is 11.9 Å². The molecule has 1 rings (SSSR count). The van der Waals surface area contributed by atoms with E-state index in [-0.39, 0.29) is 18.2 Å². The molecule has 0 aromatic rings. The van der Waals surface area contributed by atoms with Gasteiger partial charge in [0.15, 0.2) is 0 Å². The van der Waals surface area contributed by atoms with E-state index in [0.29, 0.717) is 19.6 Å². The lowest BCUT2D eigenvalue weighted by molar-refractivity contribution is -0.140. The van der Waals surface area contributed by atoms with Gasteiger partial charge in [0.2, 0.25) is 5.91 Å². The molecule has 0 aliphatic carbocycles. The Balaban J connectivity index is 2.26. The molecule has 0 saturated carbocycles. The molecule has 16 heavy (non-hydrogen) atoms. The van der Waals surface area contributed by atoms with Crippen molar-refractivity contribution in [3.05, 3.63) is 0 Å². The standard InChI is InChI=1S/C11H19NO4/c1-12(6-2-5-10(13)14)11(15)9-4-3-7-16-8-9/h9H,2-8H2,1H3,(H,13,14). The minimum atomic E-state index is -0.818. The fraction of sp³-hybridized carbons (Fsp3) is 0.818. The van der Waals surface area contributed by atoms with Gasteiger partial charge in [0.25, 0.3) is 0 Å². The largest absolute Gasteiger partial charge is 0.481 e. The zero-order valence-electron chi connectivity index (χ0n) is 9.65. The Kier molecular flexibility index (Phi) is 5.25. The second-order valence-corrected chi connectivity index (χ2v) is 4.17. The van der Waals surface area contributed by atoms with Crippen LogP contribution in [0.3, 0.4) is 0 Å². The number of carbonyl (C=O) groups is 2. The lowest BCUT2D eigenvalue weighted by Gasteiger charge is -2.26. The van der Waals surface area contributed by atoms with Gasteiger partial charge in [0, 0.05) is 26.6 Å². The zero-order chi connectivity index (χ0) is 12.0. The average Bonchev–Trinajstić information content (AvgIpc) is 2.28. The van der Waals surface area contributed by atoms with Gasteiger partial charge >= 0.3 is 5.97 Å². The summed E-state index contributed by atoms with van der Waals surface area (Å²) in [5.74, 6) is -0.782. The number of carboxylic acid groups (broad SMARTS) is 1. The lowest BCUT2D eigenvalue weighted by atomic mass is 10.0. The van der Waals surface area contributed by atoms with Crippen LogP contribution < -0.4 is 0 Å². The van der Waals surface area contributed by atoms with Crippen molar-refractivity contribution in [1.29, 1.82) is 0 Å². The van der Waals surface area contributed by atoms with Crippen molar-refractivity contribution >= 4 is 11.9 Å². The van der Waals surface area contributed by atoms with Crippen molar-refractivity contribution in [2.75, 3.05) is 26.8 Å². The molecule has 5 heteroatoms. The van der Waals surface area contributed by atoms with Gasteiger partial charge in [-0.2, -0.15) is 0 Å². The first kappa shape index (κ1) is 13.0. The summed E-state index contributed by atoms with van der Waals surface area (Å²) in [5.41, 5.74) is 0. The van der Waals surface area contributed by atoms with Crippen LogP contribution >= 0.6 is 0 Å². The third kappa shape index (κ3) is 4.18. The summed E-state index contributed by atoms with van der Waals surface area (Å²) in [6, 6.07) is 0. The molecule has 1 saturated heterocycles. The molecule has 0 radical (unpaired) electrons. The molecule has 1 aliphatic heterocycles. The van der Waals surface area contributed by atoms with Crippen LogP contribution in [0.4, 0.5) is 0 Å². The van der Waals surface area contributed by atoms with E-state index in [1.807, 2.05) is 0 Å². The number of amides is 1. The third-order valence-corrected chi connectivity index (χ3v) is 2.77. The molecule has 1 atom stereocenters. The third-order valence-electron chi connectivity index (χ3n) is 2.77. The molecule has 5 nitrogen and oxygen atoms in total. The van der Waals surface area contributed by atoms with Crippen LogP contribution in [0.2, 0.25) is 0 Å². The van der Waals surface area contributed by atoms with Crippen LogP contribution in [0.1, 0.15) is 25.7 Å². The number of carbonyl (C=O) groups excluding carboxylic acids is 1. The van der Waals surface area contributed by atoms with E-state index in [0.717, 1.165) is 19.4 Å². The molecule has 0 bridgehead atoms. The van der Waals surface area contributed by atoms with Crippen LogP contribution in [0, 0.1) is 5.92 Å². The van der Waals surface area contributed by atoms with Crippen LogP contribution in [-0.4, -0.2) is 48.7 Å². The monoisotopic (exact) mass is 229 g/mol. The molecule has 1 aliphatic rings. The Hall–Kier alpha value is -1.10. The highest BCUT2D eigenvalue weighted by Crippen LogP contribution is 2.15. The summed E-state index contributed by atoms with van der Waals surface area (Å²) in [6.07, 6.45) is 2.42. The van der Waals surface area contributed by atoms with E-state index >= 15 is 0 Å². The van der Waals surface area contributed by atoms with Crippen molar-refractivity contribution in [3.63, 3.8) is 0 Å². The molecule has 1 fully saturated rings. The van der Waals surface area contributed by atoms with Gasteiger partial charge in [0.05, 0.1) is 12.5 Å². The summed E-state index contributed by atoms with van der Waals surface area (Å²) in [5, 5.41) is 8.49. The molecule has 0 aromatic heterocycles. The average molecular weight is 229 g/mol. The Morgan fingerprint density at radius 2 is 2.25 bits per heavy atom. The molecular weight excluding hydrogens is 210 g/mol. The normalized spacial score (nSPS) is 20.4. The maximum absolute atomic E-state index is 11.9. The van der Waals surface area contributed by atoms with Crippen molar-refractivity contribution in [2.24, 2.45) is 5.92 Å². The first-order valence-electron chi connectivity index (χ1n) is 5.65. The molecule has 1 amide bonds. The fourth-order valence-corrected chi connectivity index (χ4v) is 1.82. The van der Waals surface area contributed by atoms with E-state index in [1.165, 1.54) is 0 Å². The maximum Gasteiger partial charge on any atom is 0.303 e. The van der Waals surface area contributed by atoms with Crippen molar-refractivity contribution < 1.29 is 19.4 Å². The van der Waals surface area contributed by atoms with Gasteiger partial charge in [-0.15, -0.1) is 0 Å². The van der Waals surface area contributed by atoms with Crippen molar-refractivity contribution in [3.8, 4) is 0 Å². The number of carboxylic acids is 1. The summed E-state index contributed by atoms with van der Waals surface area (Å²) in [4.78, 5) is 23.8. The zero-order valence-corrected chi connectivity index (χ0v) is 9.65. The Morgan fingerprint density at radius 3 is 2.81 bits per heavy atom. The van der Waals surface area contributed by atoms with Gasteiger partial charge in [-0.25, -0.2) is 0 Å². The highest BCUT2D eigenvalue weighted by Gasteiger charge is 2.24.